The maximum atomic E-state index is 12.2. The molecule has 90 valence electrons. The molecule has 1 N–H and O–H groups in total. The highest BCUT2D eigenvalue weighted by molar-refractivity contribution is 8.00. The summed E-state index contributed by atoms with van der Waals surface area (Å²) in [5, 5.41) is 0.176. The van der Waals surface area contributed by atoms with E-state index < -0.39 is 10.0 Å². The Morgan fingerprint density at radius 1 is 1.56 bits per heavy atom. The monoisotopic (exact) mass is 261 g/mol. The molecular formula is C9H15N3O2S2. The van der Waals surface area contributed by atoms with Gasteiger partial charge in [-0.3, -0.25) is 0 Å². The van der Waals surface area contributed by atoms with Crippen LogP contribution in [0.25, 0.3) is 0 Å². The summed E-state index contributed by atoms with van der Waals surface area (Å²) in [4.78, 5) is 6.41. The molecule has 1 aromatic heterocycles. The van der Waals surface area contributed by atoms with Crippen molar-refractivity contribution in [2.24, 2.45) is 0 Å². The summed E-state index contributed by atoms with van der Waals surface area (Å²) in [6, 6.07) is 0. The molecule has 1 saturated heterocycles. The minimum Gasteiger partial charge on any atom is -0.335 e. The summed E-state index contributed by atoms with van der Waals surface area (Å²) in [5.41, 5.74) is 0. The number of rotatable bonds is 2. The van der Waals surface area contributed by atoms with Crippen LogP contribution in [0, 0.1) is 0 Å². The Kier molecular flexibility index (Phi) is 3.02. The number of aromatic nitrogens is 2. The number of hydrogen-bond donors (Lipinski definition) is 1. The first kappa shape index (κ1) is 11.9. The van der Waals surface area contributed by atoms with E-state index in [1.54, 1.807) is 11.8 Å². The lowest BCUT2D eigenvalue weighted by atomic mass is 10.2. The number of imidazole rings is 1. The van der Waals surface area contributed by atoms with Crippen molar-refractivity contribution in [2.75, 3.05) is 18.8 Å². The second-order valence-corrected chi connectivity index (χ2v) is 8.07. The minimum atomic E-state index is -3.39. The molecule has 0 aliphatic carbocycles. The van der Waals surface area contributed by atoms with Crippen LogP contribution in [-0.2, 0) is 10.0 Å². The van der Waals surface area contributed by atoms with Gasteiger partial charge in [0.2, 0.25) is 0 Å². The van der Waals surface area contributed by atoms with E-state index in [-0.39, 0.29) is 9.77 Å². The maximum Gasteiger partial charge on any atom is 0.260 e. The normalized spacial score (nSPS) is 22.1. The molecule has 0 unspecified atom stereocenters. The zero-order chi connectivity index (χ0) is 11.8. The summed E-state index contributed by atoms with van der Waals surface area (Å²) in [6.07, 6.45) is 2.74. The molecule has 16 heavy (non-hydrogen) atoms. The van der Waals surface area contributed by atoms with Gasteiger partial charge in [-0.05, 0) is 13.8 Å². The zero-order valence-electron chi connectivity index (χ0n) is 9.30. The Morgan fingerprint density at radius 2 is 2.31 bits per heavy atom. The van der Waals surface area contributed by atoms with E-state index in [0.717, 1.165) is 5.75 Å². The molecule has 1 fully saturated rings. The van der Waals surface area contributed by atoms with Gasteiger partial charge in [-0.2, -0.15) is 16.1 Å². The number of hydrogen-bond acceptors (Lipinski definition) is 4. The Hall–Kier alpha value is -0.530. The average molecular weight is 261 g/mol. The van der Waals surface area contributed by atoms with E-state index in [2.05, 4.69) is 23.8 Å². The average Bonchev–Trinajstić information content (AvgIpc) is 2.69. The fourth-order valence-electron chi connectivity index (χ4n) is 1.70. The van der Waals surface area contributed by atoms with Gasteiger partial charge >= 0.3 is 0 Å². The van der Waals surface area contributed by atoms with Crippen molar-refractivity contribution in [1.82, 2.24) is 14.3 Å². The fraction of sp³-hybridized carbons (Fsp3) is 0.667. The third kappa shape index (κ3) is 2.26. The first-order chi connectivity index (χ1) is 7.42. The van der Waals surface area contributed by atoms with Crippen molar-refractivity contribution in [2.45, 2.75) is 23.6 Å². The number of thioether (sulfide) groups is 1. The molecule has 0 spiro atoms. The number of nitrogens with zero attached hydrogens (tertiary/aromatic N) is 2. The van der Waals surface area contributed by atoms with Gasteiger partial charge < -0.3 is 4.98 Å². The lowest BCUT2D eigenvalue weighted by Crippen LogP contribution is -2.46. The van der Waals surface area contributed by atoms with Gasteiger partial charge in [0.25, 0.3) is 10.0 Å². The molecule has 0 bridgehead atoms. The Bertz CT molecular complexity index is 453. The maximum absolute atomic E-state index is 12.2. The van der Waals surface area contributed by atoms with E-state index in [4.69, 9.17) is 0 Å². The summed E-state index contributed by atoms with van der Waals surface area (Å²) in [6.45, 7) is 5.23. The molecule has 0 radical (unpaired) electrons. The lowest BCUT2D eigenvalue weighted by Gasteiger charge is -2.36. The van der Waals surface area contributed by atoms with Crippen molar-refractivity contribution >= 4 is 21.8 Å². The van der Waals surface area contributed by atoms with Gasteiger partial charge in [0.1, 0.15) is 0 Å². The molecule has 5 nitrogen and oxygen atoms in total. The summed E-state index contributed by atoms with van der Waals surface area (Å²) in [7, 11) is -3.39. The van der Waals surface area contributed by atoms with E-state index in [9.17, 15) is 8.42 Å². The summed E-state index contributed by atoms with van der Waals surface area (Å²) >= 11 is 1.81. The third-order valence-corrected chi connectivity index (χ3v) is 5.55. The van der Waals surface area contributed by atoms with E-state index in [0.29, 0.717) is 13.1 Å². The highest BCUT2D eigenvalue weighted by atomic mass is 32.2. The van der Waals surface area contributed by atoms with Gasteiger partial charge in [0.15, 0.2) is 5.03 Å². The van der Waals surface area contributed by atoms with Crippen LogP contribution in [0.4, 0.5) is 0 Å². The highest BCUT2D eigenvalue weighted by Crippen LogP contribution is 2.31. The number of nitrogens with one attached hydrogen (secondary N) is 1. The minimum absolute atomic E-state index is 0.0225. The molecule has 2 heterocycles. The Labute approximate surface area is 99.7 Å². The molecule has 7 heteroatoms. The Morgan fingerprint density at radius 3 is 2.88 bits per heavy atom. The largest absolute Gasteiger partial charge is 0.335 e. The van der Waals surface area contributed by atoms with Crippen molar-refractivity contribution in [3.63, 3.8) is 0 Å². The van der Waals surface area contributed by atoms with Crippen molar-refractivity contribution < 1.29 is 8.42 Å². The first-order valence-corrected chi connectivity index (χ1v) is 7.47. The topological polar surface area (TPSA) is 66.1 Å². The lowest BCUT2D eigenvalue weighted by molar-refractivity contribution is 0.386. The second-order valence-electron chi connectivity index (χ2n) is 4.36. The van der Waals surface area contributed by atoms with Crippen LogP contribution in [0.3, 0.4) is 0 Å². The van der Waals surface area contributed by atoms with Crippen LogP contribution in [0.2, 0.25) is 0 Å². The Balaban J connectivity index is 2.25. The van der Waals surface area contributed by atoms with Crippen molar-refractivity contribution in [1.29, 1.82) is 0 Å². The van der Waals surface area contributed by atoms with Gasteiger partial charge in [-0.1, -0.05) is 0 Å². The van der Waals surface area contributed by atoms with Gasteiger partial charge in [0.05, 0.1) is 12.5 Å². The molecule has 0 aromatic carbocycles. The summed E-state index contributed by atoms with van der Waals surface area (Å²) in [5.74, 6) is 0.834. The quantitative estimate of drug-likeness (QED) is 0.860. The van der Waals surface area contributed by atoms with Gasteiger partial charge in [0, 0.05) is 23.6 Å². The van der Waals surface area contributed by atoms with Crippen LogP contribution in [0.15, 0.2) is 17.6 Å². The number of aromatic amines is 1. The zero-order valence-corrected chi connectivity index (χ0v) is 10.9. The predicted octanol–water partition coefficient (Wildman–Crippen LogP) is 0.926. The molecule has 2 rings (SSSR count). The number of H-pyrrole nitrogens is 1. The van der Waals surface area contributed by atoms with Crippen molar-refractivity contribution in [3.05, 3.63) is 12.5 Å². The number of sulfonamides is 1. The van der Waals surface area contributed by atoms with Crippen LogP contribution < -0.4 is 0 Å². The molecule has 0 saturated carbocycles. The van der Waals surface area contributed by atoms with E-state index >= 15 is 0 Å². The third-order valence-electron chi connectivity index (χ3n) is 2.48. The molecule has 0 atom stereocenters. The molecule has 1 aliphatic heterocycles. The first-order valence-electron chi connectivity index (χ1n) is 5.04. The van der Waals surface area contributed by atoms with Gasteiger partial charge in [-0.25, -0.2) is 13.4 Å². The van der Waals surface area contributed by atoms with Crippen molar-refractivity contribution in [3.8, 4) is 0 Å². The standard InChI is InChI=1S/C9H15N3O2S2/c1-9(2)6-12(3-4-15-9)16(13,14)8-5-10-7-11-8/h5,7H,3-4,6H2,1-2H3,(H,10,11). The molecule has 1 aliphatic rings. The van der Waals surface area contributed by atoms with Crippen LogP contribution in [0.1, 0.15) is 13.8 Å². The predicted molar refractivity (Wildman–Crippen MR) is 63.9 cm³/mol. The smallest absolute Gasteiger partial charge is 0.260 e. The molecular weight excluding hydrogens is 246 g/mol. The molecule has 1 aromatic rings. The van der Waals surface area contributed by atoms with Crippen LogP contribution >= 0.6 is 11.8 Å². The fourth-order valence-corrected chi connectivity index (χ4v) is 4.51. The van der Waals surface area contributed by atoms with Crippen LogP contribution in [0.5, 0.6) is 0 Å². The van der Waals surface area contributed by atoms with Gasteiger partial charge in [-0.15, -0.1) is 0 Å². The SMILES string of the molecule is CC1(C)CN(S(=O)(=O)c2cnc[nH]2)CCS1. The van der Waals surface area contributed by atoms with E-state index in [1.807, 2.05) is 0 Å². The second kappa shape index (κ2) is 4.05. The summed E-state index contributed by atoms with van der Waals surface area (Å²) < 4.78 is 25.9. The van der Waals surface area contributed by atoms with Crippen LogP contribution in [-0.4, -0.2) is 46.3 Å². The molecule has 0 amide bonds. The van der Waals surface area contributed by atoms with E-state index in [1.165, 1.54) is 16.8 Å². The highest BCUT2D eigenvalue weighted by Gasteiger charge is 2.35.